The smallest absolute Gasteiger partial charge is 0.347 e. The van der Waals surface area contributed by atoms with Crippen LogP contribution in [0.3, 0.4) is 0 Å². The number of halogens is 1. The summed E-state index contributed by atoms with van der Waals surface area (Å²) in [5.41, 5.74) is 0.485. The molecule has 0 spiro atoms. The van der Waals surface area contributed by atoms with E-state index >= 15 is 0 Å². The molecule has 1 rings (SSSR count). The second-order valence-corrected chi connectivity index (χ2v) is 5.81. The van der Waals surface area contributed by atoms with Crippen LogP contribution in [0, 0.1) is 0 Å². The summed E-state index contributed by atoms with van der Waals surface area (Å²) < 4.78 is 10.8. The summed E-state index contributed by atoms with van der Waals surface area (Å²) in [5.74, 6) is 0.250. The minimum Gasteiger partial charge on any atom is -0.479 e. The van der Waals surface area contributed by atoms with Crippen molar-refractivity contribution in [3.8, 4) is 5.75 Å². The normalized spacial score (nSPS) is 12.9. The Morgan fingerprint density at radius 3 is 2.53 bits per heavy atom. The number of esters is 1. The zero-order valence-corrected chi connectivity index (χ0v) is 12.9. The highest BCUT2D eigenvalue weighted by Crippen LogP contribution is 2.23. The summed E-state index contributed by atoms with van der Waals surface area (Å²) in [5, 5.41) is 0.708. The number of hydrogen-bond donors (Lipinski definition) is 0. The van der Waals surface area contributed by atoms with Crippen LogP contribution in [0.4, 0.5) is 0 Å². The second-order valence-electron chi connectivity index (χ2n) is 5.40. The molecule has 0 fully saturated rings. The van der Waals surface area contributed by atoms with E-state index in [9.17, 15) is 4.79 Å². The van der Waals surface area contributed by atoms with Crippen molar-refractivity contribution in [3.05, 3.63) is 28.8 Å². The predicted octanol–water partition coefficient (Wildman–Crippen LogP) is 4.01. The van der Waals surface area contributed by atoms with Crippen molar-refractivity contribution in [1.82, 2.24) is 0 Å². The van der Waals surface area contributed by atoms with Crippen LogP contribution in [0.1, 0.15) is 40.2 Å². The number of rotatable bonds is 4. The molecule has 0 aliphatic carbocycles. The molecule has 0 saturated carbocycles. The number of carbonyl (C=O) groups is 1. The Labute approximate surface area is 119 Å². The van der Waals surface area contributed by atoms with E-state index in [-0.39, 0.29) is 5.97 Å². The van der Waals surface area contributed by atoms with E-state index in [0.717, 1.165) is 12.0 Å². The Morgan fingerprint density at radius 1 is 1.37 bits per heavy atom. The van der Waals surface area contributed by atoms with Crippen LogP contribution in [0.25, 0.3) is 0 Å². The summed E-state index contributed by atoms with van der Waals surface area (Å²) >= 11 is 6.04. The molecular weight excluding hydrogens is 264 g/mol. The quantitative estimate of drug-likeness (QED) is 0.784. The molecule has 1 unspecified atom stereocenters. The molecule has 1 atom stereocenters. The minimum absolute atomic E-state index is 0.375. The third-order valence-electron chi connectivity index (χ3n) is 2.45. The van der Waals surface area contributed by atoms with Gasteiger partial charge in [-0.2, -0.15) is 0 Å². The first-order chi connectivity index (χ1) is 8.73. The third-order valence-corrected chi connectivity index (χ3v) is 2.82. The topological polar surface area (TPSA) is 35.5 Å². The van der Waals surface area contributed by atoms with Crippen LogP contribution < -0.4 is 4.74 Å². The van der Waals surface area contributed by atoms with Crippen molar-refractivity contribution in [3.63, 3.8) is 0 Å². The van der Waals surface area contributed by atoms with Gasteiger partial charge in [0.15, 0.2) is 6.10 Å². The molecule has 0 heterocycles. The molecule has 0 radical (unpaired) electrons. The van der Waals surface area contributed by atoms with Gasteiger partial charge in [-0.05, 0) is 57.9 Å². The molecule has 3 nitrogen and oxygen atoms in total. The standard InChI is InChI=1S/C15H21ClO3/c1-6-11-9-12(7-8-13(11)16)18-10(2)14(17)19-15(3,4)5/h7-10H,6H2,1-5H3. The van der Waals surface area contributed by atoms with Crippen LogP contribution in [0.5, 0.6) is 5.75 Å². The van der Waals surface area contributed by atoms with Crippen molar-refractivity contribution >= 4 is 17.6 Å². The van der Waals surface area contributed by atoms with E-state index in [0.29, 0.717) is 10.8 Å². The van der Waals surface area contributed by atoms with E-state index in [2.05, 4.69) is 0 Å². The molecule has 0 amide bonds. The summed E-state index contributed by atoms with van der Waals surface area (Å²) in [4.78, 5) is 11.8. The molecule has 1 aromatic rings. The highest BCUT2D eigenvalue weighted by Gasteiger charge is 2.23. The van der Waals surface area contributed by atoms with E-state index in [1.165, 1.54) is 0 Å². The van der Waals surface area contributed by atoms with Crippen LogP contribution >= 0.6 is 11.6 Å². The summed E-state index contributed by atoms with van der Waals surface area (Å²) in [7, 11) is 0. The van der Waals surface area contributed by atoms with Gasteiger partial charge in [-0.3, -0.25) is 0 Å². The SMILES string of the molecule is CCc1cc(OC(C)C(=O)OC(C)(C)C)ccc1Cl. The lowest BCUT2D eigenvalue weighted by atomic mass is 10.1. The average Bonchev–Trinajstić information content (AvgIpc) is 2.29. The van der Waals surface area contributed by atoms with Crippen molar-refractivity contribution in [2.45, 2.75) is 52.7 Å². The lowest BCUT2D eigenvalue weighted by Crippen LogP contribution is -2.33. The Hall–Kier alpha value is -1.22. The lowest BCUT2D eigenvalue weighted by molar-refractivity contribution is -0.162. The van der Waals surface area contributed by atoms with Gasteiger partial charge in [-0.25, -0.2) is 4.79 Å². The fourth-order valence-corrected chi connectivity index (χ4v) is 1.78. The number of hydrogen-bond acceptors (Lipinski definition) is 3. The number of carbonyl (C=O) groups excluding carboxylic acids is 1. The summed E-state index contributed by atoms with van der Waals surface area (Å²) in [6.07, 6.45) is 0.168. The molecule has 0 aliphatic heterocycles. The molecule has 1 aromatic carbocycles. The molecule has 4 heteroatoms. The van der Waals surface area contributed by atoms with Crippen molar-refractivity contribution in [2.24, 2.45) is 0 Å². The van der Waals surface area contributed by atoms with E-state index < -0.39 is 11.7 Å². The lowest BCUT2D eigenvalue weighted by Gasteiger charge is -2.22. The highest BCUT2D eigenvalue weighted by atomic mass is 35.5. The second kappa shape index (κ2) is 6.29. The van der Waals surface area contributed by atoms with Crippen LogP contribution in [0.15, 0.2) is 18.2 Å². The van der Waals surface area contributed by atoms with Crippen molar-refractivity contribution in [2.75, 3.05) is 0 Å². The zero-order valence-electron chi connectivity index (χ0n) is 12.1. The van der Waals surface area contributed by atoms with Gasteiger partial charge in [0, 0.05) is 5.02 Å². The predicted molar refractivity (Wildman–Crippen MR) is 76.8 cm³/mol. The van der Waals surface area contributed by atoms with E-state index in [1.54, 1.807) is 19.1 Å². The van der Waals surface area contributed by atoms with Gasteiger partial charge in [0.2, 0.25) is 0 Å². The molecular formula is C15H21ClO3. The molecule has 0 bridgehead atoms. The highest BCUT2D eigenvalue weighted by molar-refractivity contribution is 6.31. The zero-order chi connectivity index (χ0) is 14.6. The maximum atomic E-state index is 11.8. The van der Waals surface area contributed by atoms with Gasteiger partial charge >= 0.3 is 5.97 Å². The molecule has 0 N–H and O–H groups in total. The summed E-state index contributed by atoms with van der Waals surface area (Å²) in [6, 6.07) is 5.38. The van der Waals surface area contributed by atoms with Gasteiger partial charge in [-0.1, -0.05) is 18.5 Å². The van der Waals surface area contributed by atoms with Crippen molar-refractivity contribution < 1.29 is 14.3 Å². The molecule has 0 aliphatic rings. The van der Waals surface area contributed by atoms with Crippen LogP contribution in [-0.4, -0.2) is 17.7 Å². The van der Waals surface area contributed by atoms with Gasteiger partial charge in [0.05, 0.1) is 0 Å². The maximum Gasteiger partial charge on any atom is 0.347 e. The maximum absolute atomic E-state index is 11.8. The first-order valence-corrected chi connectivity index (χ1v) is 6.78. The number of ether oxygens (including phenoxy) is 2. The fraction of sp³-hybridized carbons (Fsp3) is 0.533. The average molecular weight is 285 g/mol. The monoisotopic (exact) mass is 284 g/mol. The number of aryl methyl sites for hydroxylation is 1. The Morgan fingerprint density at radius 2 is 2.00 bits per heavy atom. The van der Waals surface area contributed by atoms with Crippen molar-refractivity contribution in [1.29, 1.82) is 0 Å². The van der Waals surface area contributed by atoms with Crippen LogP contribution in [0.2, 0.25) is 5.02 Å². The Kier molecular flexibility index (Phi) is 5.24. The minimum atomic E-state index is -0.648. The molecule has 0 saturated heterocycles. The van der Waals surface area contributed by atoms with Gasteiger partial charge in [0.1, 0.15) is 11.4 Å². The molecule has 106 valence electrons. The van der Waals surface area contributed by atoms with E-state index in [4.69, 9.17) is 21.1 Å². The largest absolute Gasteiger partial charge is 0.479 e. The van der Waals surface area contributed by atoms with Gasteiger partial charge in [0.25, 0.3) is 0 Å². The van der Waals surface area contributed by atoms with Gasteiger partial charge < -0.3 is 9.47 Å². The van der Waals surface area contributed by atoms with E-state index in [1.807, 2.05) is 33.8 Å². The van der Waals surface area contributed by atoms with Crippen LogP contribution in [-0.2, 0) is 16.0 Å². The fourth-order valence-electron chi connectivity index (χ4n) is 1.53. The number of benzene rings is 1. The first-order valence-electron chi connectivity index (χ1n) is 6.41. The Bertz CT molecular complexity index is 449. The molecule has 0 aromatic heterocycles. The third kappa shape index (κ3) is 5.11. The summed E-state index contributed by atoms with van der Waals surface area (Å²) in [6.45, 7) is 9.18. The molecule has 19 heavy (non-hydrogen) atoms. The van der Waals surface area contributed by atoms with Gasteiger partial charge in [-0.15, -0.1) is 0 Å². The first kappa shape index (κ1) is 15.8. The Balaban J connectivity index is 2.71.